The molecule has 5 aromatic rings. The molecule has 0 fully saturated rings. The minimum Gasteiger partial charge on any atom is -0.207 e. The Balaban J connectivity index is 1.11. The molecule has 0 amide bonds. The molecule has 4 aliphatic rings. The van der Waals surface area contributed by atoms with Crippen LogP contribution in [0.5, 0.6) is 0 Å². The van der Waals surface area contributed by atoms with Crippen molar-refractivity contribution >= 4 is 16.7 Å². The lowest BCUT2D eigenvalue weighted by atomic mass is 9.75. The molecule has 0 spiro atoms. The molecule has 1 nitrogen and oxygen atoms in total. The van der Waals surface area contributed by atoms with Gasteiger partial charge < -0.3 is 0 Å². The van der Waals surface area contributed by atoms with E-state index in [0.717, 1.165) is 68.5 Å². The average Bonchev–Trinajstić information content (AvgIpc) is 3.22. The second-order valence-electron chi connectivity index (χ2n) is 14.7. The summed E-state index contributed by atoms with van der Waals surface area (Å²) in [7, 11) is 0. The van der Waals surface area contributed by atoms with Gasteiger partial charge in [0.15, 0.2) is 0 Å². The number of hydrogen-bond donors (Lipinski definition) is 0. The number of allylic oxidation sites excluding steroid dienone is 12. The first-order valence-corrected chi connectivity index (χ1v) is 19.3. The molecule has 1 heteroatoms. The van der Waals surface area contributed by atoms with E-state index < -0.39 is 0 Å². The van der Waals surface area contributed by atoms with Gasteiger partial charge in [0.2, 0.25) is 0 Å². The second-order valence-corrected chi connectivity index (χ2v) is 14.7. The fourth-order valence-corrected chi connectivity index (χ4v) is 8.77. The molecule has 9 rings (SSSR count). The Morgan fingerprint density at radius 1 is 0.500 bits per heavy atom. The lowest BCUT2D eigenvalue weighted by Crippen LogP contribution is -2.10. The summed E-state index contributed by atoms with van der Waals surface area (Å²) in [5, 5.41) is 0. The van der Waals surface area contributed by atoms with Gasteiger partial charge in [0.25, 0.3) is 0 Å². The van der Waals surface area contributed by atoms with Gasteiger partial charge in [-0.1, -0.05) is 121 Å². The Kier molecular flexibility index (Phi) is 9.09. The van der Waals surface area contributed by atoms with Crippen molar-refractivity contribution in [3.63, 3.8) is 0 Å². The molecule has 1 heterocycles. The highest BCUT2D eigenvalue weighted by atomic mass is 16.3. The van der Waals surface area contributed by atoms with Crippen LogP contribution in [-0.2, 0) is 6.42 Å². The molecule has 0 N–H and O–H groups in total. The van der Waals surface area contributed by atoms with E-state index in [1.54, 1.807) is 11.1 Å². The third-order valence-electron chi connectivity index (χ3n) is 11.3. The predicted octanol–water partition coefficient (Wildman–Crippen LogP) is 14.1. The summed E-state index contributed by atoms with van der Waals surface area (Å²) < 4.78 is 6.87. The van der Waals surface area contributed by atoms with Crippen molar-refractivity contribution in [1.82, 2.24) is 0 Å². The first-order chi connectivity index (χ1) is 25.8. The average molecular weight is 674 g/mol. The van der Waals surface area contributed by atoms with E-state index >= 15 is 0 Å². The summed E-state index contributed by atoms with van der Waals surface area (Å²) in [4.78, 5) is 0. The van der Waals surface area contributed by atoms with Gasteiger partial charge in [-0.3, -0.25) is 0 Å². The maximum atomic E-state index is 6.87. The smallest absolute Gasteiger partial charge is 0.207 e. The Labute approximate surface area is 308 Å². The van der Waals surface area contributed by atoms with Crippen LogP contribution in [-0.4, -0.2) is 0 Å². The first-order valence-electron chi connectivity index (χ1n) is 19.3. The molecule has 4 aliphatic carbocycles. The van der Waals surface area contributed by atoms with Crippen LogP contribution in [0.3, 0.4) is 0 Å². The predicted molar refractivity (Wildman–Crippen MR) is 218 cm³/mol. The third-order valence-corrected chi connectivity index (χ3v) is 11.3. The molecule has 0 unspecified atom stereocenters. The molecule has 0 atom stereocenters. The standard InChI is InChI=1S/C51H45O/c1-5-18-38(19-6-1)44-33-47(39-20-7-2-8-21-39)45-28-14-26-42(48(45)34-44)31-36-16-13-17-37(30-36)32-43-27-15-29-46-49(40-22-9-3-10-23-40)35-50(52-51(43)46)41-24-11-4-12-25-41/h1-12,18-25,30-33,35H,13-17,26-29,34H2/q+1/b36-31-,43-32+. The summed E-state index contributed by atoms with van der Waals surface area (Å²) in [6, 6.07) is 45.7. The first kappa shape index (κ1) is 32.4. The zero-order valence-electron chi connectivity index (χ0n) is 29.9. The van der Waals surface area contributed by atoms with E-state index in [1.807, 2.05) is 0 Å². The van der Waals surface area contributed by atoms with Gasteiger partial charge in [0.1, 0.15) is 0 Å². The van der Waals surface area contributed by atoms with Crippen LogP contribution in [0.25, 0.3) is 39.2 Å². The van der Waals surface area contributed by atoms with E-state index in [1.165, 1.54) is 74.1 Å². The number of hydrogen-bond acceptors (Lipinski definition) is 0. The number of rotatable bonds is 6. The maximum absolute atomic E-state index is 6.87. The fourth-order valence-electron chi connectivity index (χ4n) is 8.77. The van der Waals surface area contributed by atoms with Crippen molar-refractivity contribution in [2.24, 2.45) is 0 Å². The van der Waals surface area contributed by atoms with Crippen molar-refractivity contribution in [3.05, 3.63) is 202 Å². The minimum atomic E-state index is 0.935. The fraction of sp³-hybridized carbons (Fsp3) is 0.196. The summed E-state index contributed by atoms with van der Waals surface area (Å²) in [5.41, 5.74) is 19.4. The molecular formula is C51H45O+. The SMILES string of the molecule is C1=C(/C=C2\CCCc3c(-c4ccccc4)cc(-c4ccccc4)[o+]c32)CCC/C1=C/C1=C2CC(c3ccccc3)=CC(c3ccccc3)=C2CCC1. The molecule has 52 heavy (non-hydrogen) atoms. The summed E-state index contributed by atoms with van der Waals surface area (Å²) in [6.45, 7) is 0. The van der Waals surface area contributed by atoms with Crippen LogP contribution in [0.1, 0.15) is 80.2 Å². The number of benzene rings is 4. The van der Waals surface area contributed by atoms with Crippen LogP contribution in [0.4, 0.5) is 0 Å². The Morgan fingerprint density at radius 3 is 1.87 bits per heavy atom. The van der Waals surface area contributed by atoms with Gasteiger partial charge in [-0.15, -0.1) is 0 Å². The molecule has 1 aromatic heterocycles. The van der Waals surface area contributed by atoms with Crippen LogP contribution >= 0.6 is 0 Å². The lowest BCUT2D eigenvalue weighted by Gasteiger charge is -2.30. The van der Waals surface area contributed by atoms with Crippen LogP contribution in [0.2, 0.25) is 0 Å². The molecule has 254 valence electrons. The largest absolute Gasteiger partial charge is 0.361 e. The summed E-state index contributed by atoms with van der Waals surface area (Å²) >= 11 is 0. The second kappa shape index (κ2) is 14.6. The molecule has 0 saturated heterocycles. The zero-order chi connectivity index (χ0) is 34.7. The third kappa shape index (κ3) is 6.64. The molecule has 0 radical (unpaired) electrons. The highest BCUT2D eigenvalue weighted by Gasteiger charge is 2.32. The quantitative estimate of drug-likeness (QED) is 0.163. The van der Waals surface area contributed by atoms with Crippen molar-refractivity contribution < 1.29 is 4.42 Å². The van der Waals surface area contributed by atoms with Crippen LogP contribution in [0.15, 0.2) is 184 Å². The lowest BCUT2D eigenvalue weighted by molar-refractivity contribution is 0.529. The van der Waals surface area contributed by atoms with Crippen LogP contribution in [0, 0.1) is 0 Å². The van der Waals surface area contributed by atoms with E-state index in [4.69, 9.17) is 4.42 Å². The van der Waals surface area contributed by atoms with Crippen molar-refractivity contribution in [1.29, 1.82) is 0 Å². The Hall–Kier alpha value is -5.53. The Morgan fingerprint density at radius 2 is 1.13 bits per heavy atom. The molecule has 0 aliphatic heterocycles. The molecule has 0 saturated carbocycles. The topological polar surface area (TPSA) is 11.3 Å². The molecular weight excluding hydrogens is 629 g/mol. The van der Waals surface area contributed by atoms with Gasteiger partial charge in [-0.05, 0) is 144 Å². The van der Waals surface area contributed by atoms with Gasteiger partial charge in [0.05, 0.1) is 22.8 Å². The summed E-state index contributed by atoms with van der Waals surface area (Å²) in [6.07, 6.45) is 21.2. The summed E-state index contributed by atoms with van der Waals surface area (Å²) in [5.74, 6) is 2.01. The van der Waals surface area contributed by atoms with Gasteiger partial charge >= 0.3 is 11.5 Å². The molecule has 4 aromatic carbocycles. The monoisotopic (exact) mass is 673 g/mol. The highest BCUT2D eigenvalue weighted by molar-refractivity contribution is 5.92. The van der Waals surface area contributed by atoms with E-state index in [9.17, 15) is 0 Å². The van der Waals surface area contributed by atoms with Crippen molar-refractivity contribution in [2.75, 3.05) is 0 Å². The zero-order valence-corrected chi connectivity index (χ0v) is 29.9. The van der Waals surface area contributed by atoms with Gasteiger partial charge in [-0.2, -0.15) is 0 Å². The van der Waals surface area contributed by atoms with Gasteiger partial charge in [0, 0.05) is 5.56 Å². The van der Waals surface area contributed by atoms with E-state index in [2.05, 4.69) is 152 Å². The van der Waals surface area contributed by atoms with E-state index in [0.29, 0.717) is 0 Å². The normalized spacial score (nSPS) is 18.9. The molecule has 0 bridgehead atoms. The minimum absolute atomic E-state index is 0.935. The Bertz CT molecular complexity index is 2290. The highest BCUT2D eigenvalue weighted by Crippen LogP contribution is 2.46. The van der Waals surface area contributed by atoms with Crippen LogP contribution < -0.4 is 0 Å². The maximum Gasteiger partial charge on any atom is 0.361 e. The van der Waals surface area contributed by atoms with E-state index in [-0.39, 0.29) is 0 Å². The van der Waals surface area contributed by atoms with Crippen molar-refractivity contribution in [2.45, 2.75) is 64.2 Å². The van der Waals surface area contributed by atoms with Gasteiger partial charge in [-0.25, -0.2) is 4.42 Å². The number of fused-ring (bicyclic) bond motifs is 2. The van der Waals surface area contributed by atoms with Crippen molar-refractivity contribution in [3.8, 4) is 22.5 Å².